The van der Waals surface area contributed by atoms with E-state index < -0.39 is 16.6 Å². The summed E-state index contributed by atoms with van der Waals surface area (Å²) in [5.74, 6) is 1.35. The number of carboxylic acid groups (broad SMARTS) is 1. The molecule has 1 aromatic rings. The first-order chi connectivity index (χ1) is 14.2. The Morgan fingerprint density at radius 1 is 1.33 bits per heavy atom. The van der Waals surface area contributed by atoms with Gasteiger partial charge in [-0.3, -0.25) is 10.1 Å². The zero-order valence-electron chi connectivity index (χ0n) is 16.4. The average Bonchev–Trinajstić information content (AvgIpc) is 3.05. The van der Waals surface area contributed by atoms with Gasteiger partial charge in [0.2, 0.25) is 5.82 Å². The number of rotatable bonds is 4. The zero-order chi connectivity index (χ0) is 21.2. The predicted molar refractivity (Wildman–Crippen MR) is 108 cm³/mol. The molecule has 5 aliphatic rings. The van der Waals surface area contributed by atoms with E-state index in [4.69, 9.17) is 11.6 Å². The van der Waals surface area contributed by atoms with Crippen molar-refractivity contribution in [1.29, 1.82) is 0 Å². The molecule has 162 valence electrons. The zero-order valence-corrected chi connectivity index (χ0v) is 17.2. The van der Waals surface area contributed by atoms with Gasteiger partial charge in [0, 0.05) is 18.8 Å². The van der Waals surface area contributed by atoms with Crippen LogP contribution in [0.2, 0.25) is 5.02 Å². The lowest BCUT2D eigenvalue weighted by Crippen LogP contribution is -2.61. The highest BCUT2D eigenvalue weighted by Gasteiger charge is 2.59. The number of amides is 1. The molecule has 1 aromatic heterocycles. The van der Waals surface area contributed by atoms with Crippen molar-refractivity contribution in [2.24, 2.45) is 23.7 Å². The molecule has 4 saturated carbocycles. The summed E-state index contributed by atoms with van der Waals surface area (Å²) in [5.41, 5.74) is -0.812. The van der Waals surface area contributed by atoms with Crippen molar-refractivity contribution in [3.8, 4) is 0 Å². The van der Waals surface area contributed by atoms with Gasteiger partial charge in [0.25, 0.3) is 0 Å². The Balaban J connectivity index is 1.46. The number of hydrogen-bond acceptors (Lipinski definition) is 6. The second-order valence-corrected chi connectivity index (χ2v) is 9.99. The molecule has 5 fully saturated rings. The van der Waals surface area contributed by atoms with E-state index in [0.29, 0.717) is 18.9 Å². The fourth-order valence-electron chi connectivity index (χ4n) is 7.10. The highest BCUT2D eigenvalue weighted by atomic mass is 35.5. The van der Waals surface area contributed by atoms with E-state index in [-0.39, 0.29) is 46.4 Å². The number of aromatic nitrogens is 1. The summed E-state index contributed by atoms with van der Waals surface area (Å²) in [5, 5.41) is 35.6. The number of anilines is 1. The van der Waals surface area contributed by atoms with Crippen LogP contribution in [-0.4, -0.2) is 55.3 Å². The molecule has 7 atom stereocenters. The molecule has 0 aromatic carbocycles. The van der Waals surface area contributed by atoms with Gasteiger partial charge in [-0.2, -0.15) is 0 Å². The van der Waals surface area contributed by atoms with Gasteiger partial charge in [0.05, 0.1) is 27.6 Å². The number of nitrogens with zero attached hydrogens (tertiary/aromatic N) is 3. The number of nitro groups is 1. The Morgan fingerprint density at radius 3 is 2.63 bits per heavy atom. The predicted octanol–water partition coefficient (Wildman–Crippen LogP) is 3.36. The van der Waals surface area contributed by atoms with Crippen molar-refractivity contribution in [2.75, 3.05) is 11.9 Å². The normalized spacial score (nSPS) is 39.3. The summed E-state index contributed by atoms with van der Waals surface area (Å²) in [7, 11) is 0. The van der Waals surface area contributed by atoms with Crippen LogP contribution in [-0.2, 0) is 0 Å². The topological polar surface area (TPSA) is 129 Å². The van der Waals surface area contributed by atoms with E-state index in [0.717, 1.165) is 32.1 Å². The second-order valence-electron chi connectivity index (χ2n) is 9.56. The number of aliphatic hydroxyl groups is 1. The van der Waals surface area contributed by atoms with Gasteiger partial charge in [-0.1, -0.05) is 11.6 Å². The van der Waals surface area contributed by atoms with Crippen LogP contribution in [0.1, 0.15) is 38.5 Å². The van der Waals surface area contributed by atoms with Gasteiger partial charge < -0.3 is 20.4 Å². The molecule has 1 saturated heterocycles. The summed E-state index contributed by atoms with van der Waals surface area (Å²) < 4.78 is 0. The Morgan fingerprint density at radius 2 is 2.03 bits per heavy atom. The van der Waals surface area contributed by atoms with Crippen molar-refractivity contribution >= 4 is 29.2 Å². The fraction of sp³-hybridized carbons (Fsp3) is 0.700. The number of hydrogen-bond donors (Lipinski definition) is 3. The number of nitrogens with one attached hydrogen (secondary N) is 1. The summed E-state index contributed by atoms with van der Waals surface area (Å²) in [6, 6.07) is 0.692. The van der Waals surface area contributed by atoms with E-state index in [1.54, 1.807) is 0 Å². The molecule has 6 rings (SSSR count). The first-order valence-electron chi connectivity index (χ1n) is 10.5. The average molecular weight is 437 g/mol. The van der Waals surface area contributed by atoms with Gasteiger partial charge in [-0.25, -0.2) is 9.78 Å². The summed E-state index contributed by atoms with van der Waals surface area (Å²) in [6.45, 7) is 0.378. The van der Waals surface area contributed by atoms with Crippen LogP contribution in [0.5, 0.6) is 0 Å². The fourth-order valence-corrected chi connectivity index (χ4v) is 7.26. The summed E-state index contributed by atoms with van der Waals surface area (Å²) in [4.78, 5) is 28.6. The first-order valence-corrected chi connectivity index (χ1v) is 10.9. The van der Waals surface area contributed by atoms with Crippen LogP contribution in [0, 0.1) is 33.8 Å². The molecular weight excluding hydrogens is 412 g/mol. The minimum Gasteiger partial charge on any atom is -0.465 e. The molecule has 0 radical (unpaired) electrons. The maximum atomic E-state index is 12.0. The van der Waals surface area contributed by atoms with Crippen LogP contribution in [0.25, 0.3) is 0 Å². The molecule has 4 aliphatic carbocycles. The van der Waals surface area contributed by atoms with E-state index in [1.807, 2.05) is 0 Å². The summed E-state index contributed by atoms with van der Waals surface area (Å²) in [6.07, 6.45) is 5.31. The lowest BCUT2D eigenvalue weighted by atomic mass is 9.48. The Bertz CT molecular complexity index is 882. The van der Waals surface area contributed by atoms with Gasteiger partial charge in [0.1, 0.15) is 0 Å². The molecule has 2 heterocycles. The minimum absolute atomic E-state index is 0.120. The number of halogens is 1. The van der Waals surface area contributed by atoms with Crippen molar-refractivity contribution in [2.45, 2.75) is 56.2 Å². The third kappa shape index (κ3) is 3.19. The van der Waals surface area contributed by atoms with Crippen LogP contribution < -0.4 is 5.32 Å². The van der Waals surface area contributed by atoms with Gasteiger partial charge in [-0.15, -0.1) is 0 Å². The first kappa shape index (κ1) is 19.8. The van der Waals surface area contributed by atoms with Crippen molar-refractivity contribution in [3.63, 3.8) is 0 Å². The number of likely N-dealkylation sites (tertiary alicyclic amines) is 1. The minimum atomic E-state index is -0.963. The van der Waals surface area contributed by atoms with Crippen molar-refractivity contribution < 1.29 is 19.9 Å². The van der Waals surface area contributed by atoms with E-state index >= 15 is 0 Å². The van der Waals surface area contributed by atoms with Gasteiger partial charge in [-0.05, 0) is 62.2 Å². The molecule has 5 unspecified atom stereocenters. The third-order valence-corrected chi connectivity index (χ3v) is 7.97. The quantitative estimate of drug-likeness (QED) is 0.487. The van der Waals surface area contributed by atoms with E-state index in [1.165, 1.54) is 17.2 Å². The van der Waals surface area contributed by atoms with Crippen molar-refractivity contribution in [1.82, 2.24) is 9.88 Å². The second kappa shape index (κ2) is 6.95. The highest BCUT2D eigenvalue weighted by Crippen LogP contribution is 2.60. The number of carbonyl (C=O) groups is 1. The SMILES string of the molecule is O=C(O)N1CCC(Nc2ncc(Cl)cc2[N+](=O)[O-])C1C1[C@@H]2CC3C[C@H]1CC(O)(C3)C2. The lowest BCUT2D eigenvalue weighted by Gasteiger charge is -2.60. The standard InChI is InChI=1S/C20H25ClN4O5/c21-13-5-15(25(29)30)18(22-9-13)23-14-1-2-24(19(26)27)17(14)16-11-3-10-4-12(16)8-20(28,6-10)7-11/h5,9-12,14,16-17,28H,1-4,6-8H2,(H,22,23)(H,26,27)/t10?,11-,12+,14?,16?,17?,20?. The summed E-state index contributed by atoms with van der Waals surface area (Å²) >= 11 is 5.88. The Labute approximate surface area is 178 Å². The van der Waals surface area contributed by atoms with Gasteiger partial charge >= 0.3 is 11.8 Å². The smallest absolute Gasteiger partial charge is 0.407 e. The Kier molecular flexibility index (Phi) is 4.59. The molecular formula is C20H25ClN4O5. The third-order valence-electron chi connectivity index (χ3n) is 7.76. The van der Waals surface area contributed by atoms with Crippen LogP contribution in [0.3, 0.4) is 0 Å². The van der Waals surface area contributed by atoms with Gasteiger partial charge in [0.15, 0.2) is 0 Å². The molecule has 1 amide bonds. The molecule has 10 heteroatoms. The molecule has 0 spiro atoms. The van der Waals surface area contributed by atoms with Crippen LogP contribution in [0.4, 0.5) is 16.3 Å². The molecule has 9 nitrogen and oxygen atoms in total. The molecule has 3 N–H and O–H groups in total. The van der Waals surface area contributed by atoms with E-state index in [2.05, 4.69) is 10.3 Å². The lowest BCUT2D eigenvalue weighted by molar-refractivity contribution is -0.384. The van der Waals surface area contributed by atoms with Crippen LogP contribution >= 0.6 is 11.6 Å². The monoisotopic (exact) mass is 436 g/mol. The largest absolute Gasteiger partial charge is 0.465 e. The molecule has 1 aliphatic heterocycles. The maximum absolute atomic E-state index is 12.0. The highest BCUT2D eigenvalue weighted by molar-refractivity contribution is 6.30. The molecule has 30 heavy (non-hydrogen) atoms. The Hall–Kier alpha value is -2.13. The molecule has 4 bridgehead atoms. The maximum Gasteiger partial charge on any atom is 0.407 e. The van der Waals surface area contributed by atoms with E-state index in [9.17, 15) is 25.1 Å². The number of pyridine rings is 1. The van der Waals surface area contributed by atoms with Crippen molar-refractivity contribution in [3.05, 3.63) is 27.4 Å². The van der Waals surface area contributed by atoms with Crippen LogP contribution in [0.15, 0.2) is 12.3 Å².